The molecule has 1 N–H and O–H groups in total. The molecule has 0 aromatic rings. The molecular formula is C11H20N2S. The molecule has 1 saturated carbocycles. The molecular weight excluding hydrogens is 192 g/mol. The van der Waals surface area contributed by atoms with E-state index < -0.39 is 0 Å². The van der Waals surface area contributed by atoms with Crippen molar-refractivity contribution in [2.45, 2.75) is 50.8 Å². The van der Waals surface area contributed by atoms with Crippen LogP contribution in [0.2, 0.25) is 0 Å². The number of nitrogens with one attached hydrogen (secondary N) is 1. The maximum atomic E-state index is 4.57. The van der Waals surface area contributed by atoms with E-state index in [-0.39, 0.29) is 0 Å². The first kappa shape index (κ1) is 10.3. The predicted octanol–water partition coefficient (Wildman–Crippen LogP) is 2.65. The van der Waals surface area contributed by atoms with E-state index in [4.69, 9.17) is 0 Å². The van der Waals surface area contributed by atoms with Crippen molar-refractivity contribution in [2.24, 2.45) is 10.9 Å². The van der Waals surface area contributed by atoms with Gasteiger partial charge in [-0.05, 0) is 32.1 Å². The lowest BCUT2D eigenvalue weighted by Crippen LogP contribution is -2.49. The van der Waals surface area contributed by atoms with Gasteiger partial charge in [0.2, 0.25) is 0 Å². The number of hydrogen-bond acceptors (Lipinski definition) is 3. The molecule has 14 heavy (non-hydrogen) atoms. The minimum absolute atomic E-state index is 0.359. The fourth-order valence-electron chi connectivity index (χ4n) is 1.90. The van der Waals surface area contributed by atoms with Crippen LogP contribution in [0, 0.1) is 5.92 Å². The Kier molecular flexibility index (Phi) is 2.78. The average Bonchev–Trinajstić information content (AvgIpc) is 2.50. The highest BCUT2D eigenvalue weighted by atomic mass is 32.2. The number of hydrogen-bond donors (Lipinski definition) is 1. The van der Waals surface area contributed by atoms with Crippen molar-refractivity contribution in [1.82, 2.24) is 5.32 Å². The average molecular weight is 212 g/mol. The number of aliphatic imine (C=N–C) groups is 1. The minimum atomic E-state index is 0.359. The second-order valence-electron chi connectivity index (χ2n) is 5.09. The van der Waals surface area contributed by atoms with Crippen molar-refractivity contribution in [3.05, 3.63) is 0 Å². The van der Waals surface area contributed by atoms with Gasteiger partial charge in [-0.2, -0.15) is 0 Å². The normalized spacial score (nSPS) is 30.0. The van der Waals surface area contributed by atoms with Gasteiger partial charge < -0.3 is 5.32 Å². The first-order valence-electron chi connectivity index (χ1n) is 5.58. The minimum Gasteiger partial charge on any atom is -0.360 e. The Balaban J connectivity index is 1.83. The van der Waals surface area contributed by atoms with Crippen molar-refractivity contribution < 1.29 is 0 Å². The van der Waals surface area contributed by atoms with Crippen LogP contribution < -0.4 is 5.32 Å². The SMILES string of the molecule is CC(C)C1CN=C(NC2(C)CCC2)S1. The molecule has 0 saturated heterocycles. The predicted molar refractivity (Wildman–Crippen MR) is 63.9 cm³/mol. The maximum Gasteiger partial charge on any atom is 0.157 e. The molecule has 0 spiro atoms. The third kappa shape index (κ3) is 2.08. The highest BCUT2D eigenvalue weighted by molar-refractivity contribution is 8.14. The molecule has 80 valence electrons. The molecule has 1 unspecified atom stereocenters. The summed E-state index contributed by atoms with van der Waals surface area (Å²) in [6.45, 7) is 7.87. The monoisotopic (exact) mass is 212 g/mol. The van der Waals surface area contributed by atoms with E-state index in [9.17, 15) is 0 Å². The topological polar surface area (TPSA) is 24.4 Å². The van der Waals surface area contributed by atoms with E-state index in [1.54, 1.807) is 0 Å². The van der Waals surface area contributed by atoms with Crippen molar-refractivity contribution in [3.63, 3.8) is 0 Å². The maximum absolute atomic E-state index is 4.57. The number of rotatable bonds is 2. The van der Waals surface area contributed by atoms with E-state index in [1.165, 1.54) is 24.4 Å². The van der Waals surface area contributed by atoms with Crippen LogP contribution in [-0.2, 0) is 0 Å². The molecule has 1 fully saturated rings. The van der Waals surface area contributed by atoms with Crippen molar-refractivity contribution in [1.29, 1.82) is 0 Å². The first-order chi connectivity index (χ1) is 6.59. The van der Waals surface area contributed by atoms with Crippen LogP contribution in [0.25, 0.3) is 0 Å². The van der Waals surface area contributed by atoms with E-state index in [1.807, 2.05) is 11.8 Å². The van der Waals surface area contributed by atoms with Gasteiger partial charge in [-0.1, -0.05) is 25.6 Å². The van der Waals surface area contributed by atoms with Crippen molar-refractivity contribution >= 4 is 16.9 Å². The van der Waals surface area contributed by atoms with Crippen LogP contribution in [0.4, 0.5) is 0 Å². The van der Waals surface area contributed by atoms with E-state index in [0.29, 0.717) is 10.8 Å². The third-order valence-electron chi connectivity index (χ3n) is 3.29. The second kappa shape index (κ2) is 3.76. The zero-order valence-corrected chi connectivity index (χ0v) is 10.2. The molecule has 1 heterocycles. The van der Waals surface area contributed by atoms with Gasteiger partial charge in [-0.25, -0.2) is 0 Å². The lowest BCUT2D eigenvalue weighted by atomic mass is 9.79. The summed E-state index contributed by atoms with van der Waals surface area (Å²) in [6, 6.07) is 0. The highest BCUT2D eigenvalue weighted by Crippen LogP contribution is 2.34. The highest BCUT2D eigenvalue weighted by Gasteiger charge is 2.34. The summed E-state index contributed by atoms with van der Waals surface area (Å²) in [6.07, 6.45) is 3.98. The first-order valence-corrected chi connectivity index (χ1v) is 6.46. The Bertz CT molecular complexity index is 244. The van der Waals surface area contributed by atoms with Gasteiger partial charge in [0.25, 0.3) is 0 Å². The molecule has 2 aliphatic rings. The van der Waals surface area contributed by atoms with Gasteiger partial charge in [0, 0.05) is 10.8 Å². The zero-order valence-electron chi connectivity index (χ0n) is 9.34. The summed E-state index contributed by atoms with van der Waals surface area (Å²) in [5.74, 6) is 0.734. The summed E-state index contributed by atoms with van der Waals surface area (Å²) in [4.78, 5) is 4.57. The van der Waals surface area contributed by atoms with E-state index in [0.717, 1.165) is 12.5 Å². The summed E-state index contributed by atoms with van der Waals surface area (Å²) >= 11 is 1.93. The molecule has 1 atom stereocenters. The Morgan fingerprint density at radius 3 is 2.64 bits per heavy atom. The zero-order chi connectivity index (χ0) is 10.2. The number of thioether (sulfide) groups is 1. The summed E-state index contributed by atoms with van der Waals surface area (Å²) < 4.78 is 0. The Morgan fingerprint density at radius 2 is 2.21 bits per heavy atom. The van der Waals surface area contributed by atoms with Crippen LogP contribution in [0.15, 0.2) is 4.99 Å². The quantitative estimate of drug-likeness (QED) is 0.761. The van der Waals surface area contributed by atoms with Gasteiger partial charge in [-0.3, -0.25) is 4.99 Å². The standard InChI is InChI=1S/C11H20N2S/c1-8(2)9-7-12-10(14-9)13-11(3)5-4-6-11/h8-9H,4-7H2,1-3H3,(H,12,13). The fraction of sp³-hybridized carbons (Fsp3) is 0.909. The lowest BCUT2D eigenvalue weighted by Gasteiger charge is -2.39. The molecule has 1 aliphatic heterocycles. The van der Waals surface area contributed by atoms with Gasteiger partial charge in [0.1, 0.15) is 0 Å². The van der Waals surface area contributed by atoms with E-state index >= 15 is 0 Å². The van der Waals surface area contributed by atoms with Crippen LogP contribution in [0.1, 0.15) is 40.0 Å². The van der Waals surface area contributed by atoms with Crippen LogP contribution >= 0.6 is 11.8 Å². The molecule has 0 aromatic carbocycles. The fourth-order valence-corrected chi connectivity index (χ4v) is 3.06. The molecule has 0 aromatic heterocycles. The molecule has 0 bridgehead atoms. The summed E-state index contributed by atoms with van der Waals surface area (Å²) in [5.41, 5.74) is 0.359. The third-order valence-corrected chi connectivity index (χ3v) is 4.74. The summed E-state index contributed by atoms with van der Waals surface area (Å²) in [5, 5.41) is 5.47. The summed E-state index contributed by atoms with van der Waals surface area (Å²) in [7, 11) is 0. The van der Waals surface area contributed by atoms with Gasteiger partial charge in [0.15, 0.2) is 5.17 Å². The van der Waals surface area contributed by atoms with Crippen molar-refractivity contribution in [2.75, 3.05) is 6.54 Å². The number of amidine groups is 1. The Morgan fingerprint density at radius 1 is 1.50 bits per heavy atom. The van der Waals surface area contributed by atoms with Crippen LogP contribution in [-0.4, -0.2) is 22.5 Å². The second-order valence-corrected chi connectivity index (χ2v) is 6.31. The van der Waals surface area contributed by atoms with Gasteiger partial charge in [-0.15, -0.1) is 0 Å². The molecule has 2 nitrogen and oxygen atoms in total. The number of nitrogens with zero attached hydrogens (tertiary/aromatic N) is 1. The molecule has 3 heteroatoms. The van der Waals surface area contributed by atoms with Gasteiger partial charge in [0.05, 0.1) is 6.54 Å². The Hall–Kier alpha value is -0.180. The molecule has 2 rings (SSSR count). The molecule has 0 amide bonds. The van der Waals surface area contributed by atoms with Crippen LogP contribution in [0.3, 0.4) is 0 Å². The largest absolute Gasteiger partial charge is 0.360 e. The Labute approximate surface area is 90.9 Å². The van der Waals surface area contributed by atoms with Crippen LogP contribution in [0.5, 0.6) is 0 Å². The van der Waals surface area contributed by atoms with E-state index in [2.05, 4.69) is 31.1 Å². The molecule has 1 aliphatic carbocycles. The smallest absolute Gasteiger partial charge is 0.157 e. The van der Waals surface area contributed by atoms with Crippen molar-refractivity contribution in [3.8, 4) is 0 Å². The lowest BCUT2D eigenvalue weighted by molar-refractivity contribution is 0.245. The van der Waals surface area contributed by atoms with Gasteiger partial charge >= 0.3 is 0 Å². The molecule has 0 radical (unpaired) electrons.